The van der Waals surface area contributed by atoms with Crippen LogP contribution < -0.4 is 0 Å². The monoisotopic (exact) mass is 433 g/mol. The Morgan fingerprint density at radius 1 is 0.781 bits per heavy atom. The minimum Gasteiger partial charge on any atom is -0.404 e. The first-order chi connectivity index (χ1) is 15.8. The highest BCUT2D eigenvalue weighted by Crippen LogP contribution is 2.32. The highest BCUT2D eigenvalue weighted by molar-refractivity contribution is 7.23. The predicted octanol–water partition coefficient (Wildman–Crippen LogP) is 5.10. The van der Waals surface area contributed by atoms with Gasteiger partial charge in [0.05, 0.1) is 34.0 Å². The van der Waals surface area contributed by atoms with Gasteiger partial charge < -0.3 is 4.42 Å². The lowest BCUT2D eigenvalue weighted by Crippen LogP contribution is -1.87. The van der Waals surface area contributed by atoms with E-state index in [0.717, 1.165) is 54.1 Å². The van der Waals surface area contributed by atoms with Gasteiger partial charge in [-0.15, -0.1) is 0 Å². The highest BCUT2D eigenvalue weighted by Gasteiger charge is 2.16. The van der Waals surface area contributed by atoms with Gasteiger partial charge in [-0.25, -0.2) is 19.9 Å². The van der Waals surface area contributed by atoms with Gasteiger partial charge in [0.15, 0.2) is 4.96 Å². The molecule has 0 saturated carbocycles. The minimum atomic E-state index is 0.546. The number of pyridine rings is 1. The topological polar surface area (TPSA) is 86.4 Å². The number of imidazole rings is 2. The summed E-state index contributed by atoms with van der Waals surface area (Å²) in [6, 6.07) is 18.2. The number of benzene rings is 2. The Kier molecular flexibility index (Phi) is 2.89. The quantitative estimate of drug-likeness (QED) is 0.358. The second kappa shape index (κ2) is 5.65. The number of aromatic nitrogens is 7. The lowest BCUT2D eigenvalue weighted by Gasteiger charge is -2.01. The van der Waals surface area contributed by atoms with Crippen LogP contribution in [0.3, 0.4) is 0 Å². The van der Waals surface area contributed by atoms with Gasteiger partial charge in [-0.2, -0.15) is 4.98 Å². The summed E-state index contributed by atoms with van der Waals surface area (Å²) in [6.45, 7) is 0. The molecule has 0 aliphatic carbocycles. The van der Waals surface area contributed by atoms with Crippen LogP contribution >= 0.6 is 11.3 Å². The zero-order valence-electron chi connectivity index (χ0n) is 16.3. The molecule has 8 nitrogen and oxygen atoms in total. The zero-order valence-corrected chi connectivity index (χ0v) is 17.1. The normalized spacial score (nSPS) is 12.4. The number of hydrogen-bond donors (Lipinski definition) is 0. The number of nitrogens with zero attached hydrogens (tertiary/aromatic N) is 7. The maximum Gasteiger partial charge on any atom is 0.309 e. The molecule has 2 aromatic carbocycles. The summed E-state index contributed by atoms with van der Waals surface area (Å²) in [6.07, 6.45) is 3.39. The molecule has 0 bridgehead atoms. The second-order valence-electron chi connectivity index (χ2n) is 7.59. The Morgan fingerprint density at radius 2 is 1.69 bits per heavy atom. The van der Waals surface area contributed by atoms with Gasteiger partial charge in [0.1, 0.15) is 22.2 Å². The molecule has 0 aliphatic heterocycles. The first kappa shape index (κ1) is 16.3. The van der Waals surface area contributed by atoms with Crippen molar-refractivity contribution in [1.82, 2.24) is 33.7 Å². The van der Waals surface area contributed by atoms with Crippen molar-refractivity contribution in [1.29, 1.82) is 0 Å². The van der Waals surface area contributed by atoms with Crippen LogP contribution in [-0.2, 0) is 0 Å². The summed E-state index contributed by atoms with van der Waals surface area (Å²) in [5.41, 5.74) is 8.06. The molecule has 0 amide bonds. The zero-order chi connectivity index (χ0) is 20.8. The molecule has 8 aromatic rings. The number of hydrogen-bond acceptors (Lipinski definition) is 7. The van der Waals surface area contributed by atoms with Gasteiger partial charge in [-0.3, -0.25) is 8.80 Å². The Balaban J connectivity index is 1.32. The maximum atomic E-state index is 5.98. The van der Waals surface area contributed by atoms with Crippen LogP contribution in [0.5, 0.6) is 0 Å². The standard InChI is InChI=1S/C23H11N7OS/c1-2-4-16-14(3-1)27-22-29(16)18-8-6-13(26-20(18)31-22)12-5-7-17-15(9-12)28-23-30(17)19-10-24-11-25-21(19)32-23/h1-11H. The van der Waals surface area contributed by atoms with Gasteiger partial charge in [-0.1, -0.05) is 29.5 Å². The molecule has 0 saturated heterocycles. The summed E-state index contributed by atoms with van der Waals surface area (Å²) in [5.74, 6) is 0.546. The first-order valence-corrected chi connectivity index (χ1v) is 10.8. The average Bonchev–Trinajstić information content (AvgIpc) is 3.54. The van der Waals surface area contributed by atoms with Crippen molar-refractivity contribution in [2.45, 2.75) is 0 Å². The van der Waals surface area contributed by atoms with Crippen molar-refractivity contribution < 1.29 is 4.42 Å². The molecule has 0 aliphatic rings. The fourth-order valence-corrected chi connectivity index (χ4v) is 5.33. The van der Waals surface area contributed by atoms with E-state index in [4.69, 9.17) is 14.4 Å². The SMILES string of the molecule is c1ccc2c(c1)nc1oc3nc(-c4ccc5c(c4)nc4sc6ncncc6n45)ccc3n12. The van der Waals surface area contributed by atoms with Gasteiger partial charge in [0, 0.05) is 5.56 Å². The van der Waals surface area contributed by atoms with Crippen LogP contribution in [0, 0.1) is 0 Å². The third-order valence-corrected chi connectivity index (χ3v) is 6.77. The number of para-hydroxylation sites is 2. The Labute approximate surface area is 182 Å². The molecular weight excluding hydrogens is 422 g/mol. The van der Waals surface area contributed by atoms with Crippen LogP contribution in [0.15, 0.2) is 71.5 Å². The lowest BCUT2D eigenvalue weighted by atomic mass is 10.1. The van der Waals surface area contributed by atoms with E-state index in [9.17, 15) is 0 Å². The minimum absolute atomic E-state index is 0.546. The molecule has 32 heavy (non-hydrogen) atoms. The van der Waals surface area contributed by atoms with E-state index in [1.54, 1.807) is 17.7 Å². The van der Waals surface area contributed by atoms with Crippen molar-refractivity contribution in [3.05, 3.63) is 67.1 Å². The molecule has 0 spiro atoms. The molecular formula is C23H11N7OS. The van der Waals surface area contributed by atoms with Gasteiger partial charge in [-0.05, 0) is 36.4 Å². The number of oxazole rings is 1. The summed E-state index contributed by atoms with van der Waals surface area (Å²) < 4.78 is 10.1. The lowest BCUT2D eigenvalue weighted by molar-refractivity contribution is 0.631. The summed E-state index contributed by atoms with van der Waals surface area (Å²) in [7, 11) is 0. The van der Waals surface area contributed by atoms with Crippen molar-refractivity contribution in [3.8, 4) is 11.3 Å². The van der Waals surface area contributed by atoms with Crippen molar-refractivity contribution in [3.63, 3.8) is 0 Å². The molecule has 6 aromatic heterocycles. The van der Waals surface area contributed by atoms with Crippen LogP contribution in [0.1, 0.15) is 0 Å². The van der Waals surface area contributed by atoms with Gasteiger partial charge in [0.25, 0.3) is 0 Å². The van der Waals surface area contributed by atoms with E-state index < -0.39 is 0 Å². The molecule has 0 fully saturated rings. The Morgan fingerprint density at radius 3 is 2.69 bits per heavy atom. The van der Waals surface area contributed by atoms with E-state index in [0.29, 0.717) is 11.6 Å². The van der Waals surface area contributed by atoms with Crippen LogP contribution in [0.4, 0.5) is 0 Å². The Hall–Kier alpha value is -4.37. The van der Waals surface area contributed by atoms with Crippen LogP contribution in [0.2, 0.25) is 0 Å². The van der Waals surface area contributed by atoms with E-state index in [-0.39, 0.29) is 0 Å². The molecule has 0 atom stereocenters. The molecule has 9 heteroatoms. The summed E-state index contributed by atoms with van der Waals surface area (Å²) in [4.78, 5) is 24.5. The first-order valence-electron chi connectivity index (χ1n) is 10.0. The third kappa shape index (κ3) is 2.02. The van der Waals surface area contributed by atoms with Crippen molar-refractivity contribution in [2.24, 2.45) is 0 Å². The molecule has 150 valence electrons. The number of rotatable bonds is 1. The largest absolute Gasteiger partial charge is 0.404 e. The van der Waals surface area contributed by atoms with Crippen LogP contribution in [0.25, 0.3) is 65.7 Å². The fraction of sp³-hybridized carbons (Fsp3) is 0. The molecule has 8 rings (SSSR count). The maximum absolute atomic E-state index is 5.98. The number of thiazole rings is 1. The predicted molar refractivity (Wildman–Crippen MR) is 123 cm³/mol. The molecule has 6 heterocycles. The van der Waals surface area contributed by atoms with Gasteiger partial charge >= 0.3 is 5.84 Å². The molecule has 0 N–H and O–H groups in total. The van der Waals surface area contributed by atoms with E-state index in [1.165, 1.54) is 0 Å². The summed E-state index contributed by atoms with van der Waals surface area (Å²) in [5, 5.41) is 0. The fourth-order valence-electron chi connectivity index (χ4n) is 4.38. The smallest absolute Gasteiger partial charge is 0.309 e. The van der Waals surface area contributed by atoms with Crippen molar-refractivity contribution >= 4 is 65.8 Å². The molecule has 0 radical (unpaired) electrons. The number of fused-ring (bicyclic) bond motifs is 10. The Bertz CT molecular complexity index is 1860. The van der Waals surface area contributed by atoms with Gasteiger partial charge in [0.2, 0.25) is 5.71 Å². The van der Waals surface area contributed by atoms with Crippen LogP contribution in [-0.4, -0.2) is 33.7 Å². The second-order valence-corrected chi connectivity index (χ2v) is 8.55. The van der Waals surface area contributed by atoms with E-state index in [2.05, 4.69) is 37.6 Å². The summed E-state index contributed by atoms with van der Waals surface area (Å²) >= 11 is 1.56. The third-order valence-electron chi connectivity index (χ3n) is 5.80. The van der Waals surface area contributed by atoms with E-state index in [1.807, 2.05) is 47.0 Å². The molecule has 0 unspecified atom stereocenters. The van der Waals surface area contributed by atoms with E-state index >= 15 is 0 Å². The average molecular weight is 433 g/mol. The van der Waals surface area contributed by atoms with Crippen molar-refractivity contribution in [2.75, 3.05) is 0 Å². The highest BCUT2D eigenvalue weighted by atomic mass is 32.1.